The van der Waals surface area contributed by atoms with Crippen LogP contribution in [0, 0.1) is 17.3 Å². The first kappa shape index (κ1) is 35.7. The van der Waals surface area contributed by atoms with E-state index in [-0.39, 0.29) is 36.3 Å². The molecule has 3 amide bonds. The average Bonchev–Trinajstić information content (AvgIpc) is 3.55. The number of likely N-dealkylation sites (tertiary alicyclic amines) is 1. The van der Waals surface area contributed by atoms with E-state index in [0.29, 0.717) is 50.3 Å². The number of amides is 3. The zero-order chi connectivity index (χ0) is 34.2. The van der Waals surface area contributed by atoms with Gasteiger partial charge in [0.2, 0.25) is 17.7 Å². The summed E-state index contributed by atoms with van der Waals surface area (Å²) in [5, 5.41) is 10.5. The Morgan fingerprint density at radius 2 is 1.72 bits per heavy atom. The smallest absolute Gasteiger partial charge is 0.249 e. The molecule has 0 aromatic heterocycles. The Kier molecular flexibility index (Phi) is 10.2. The van der Waals surface area contributed by atoms with Gasteiger partial charge >= 0.3 is 0 Å². The lowest BCUT2D eigenvalue weighted by Gasteiger charge is -2.46. The Morgan fingerprint density at radius 1 is 1.09 bits per heavy atom. The lowest BCUT2D eigenvalue weighted by atomic mass is 9.65. The van der Waals surface area contributed by atoms with Crippen molar-refractivity contribution in [1.82, 2.24) is 9.80 Å². The van der Waals surface area contributed by atoms with Crippen molar-refractivity contribution in [1.29, 1.82) is 0 Å². The summed E-state index contributed by atoms with van der Waals surface area (Å²) < 4.78 is 12.5. The number of nitrogens with zero attached hydrogens (tertiary/aromatic N) is 3. The molecule has 0 saturated carbocycles. The van der Waals surface area contributed by atoms with E-state index in [2.05, 4.69) is 33.9 Å². The van der Waals surface area contributed by atoms with Gasteiger partial charge in [-0.1, -0.05) is 39.8 Å². The first-order valence-electron chi connectivity index (χ1n) is 16.8. The third kappa shape index (κ3) is 6.13. The third-order valence-corrected chi connectivity index (χ3v) is 10.1. The quantitative estimate of drug-likeness (QED) is 0.276. The van der Waals surface area contributed by atoms with Crippen LogP contribution in [0.2, 0.25) is 0 Å². The van der Waals surface area contributed by atoms with Gasteiger partial charge in [0.05, 0.1) is 36.7 Å². The Balaban J connectivity index is 1.82. The molecule has 2 unspecified atom stereocenters. The van der Waals surface area contributed by atoms with E-state index in [0.717, 1.165) is 0 Å². The molecule has 6 atom stereocenters. The molecule has 1 aromatic rings. The molecular formula is C37H55N3O6. The minimum absolute atomic E-state index is 0.0744. The van der Waals surface area contributed by atoms with Crippen LogP contribution >= 0.6 is 0 Å². The molecular weight excluding hydrogens is 582 g/mol. The topological polar surface area (TPSA) is 99.6 Å². The molecule has 1 aromatic carbocycles. The standard InChI is InChI=1S/C37H55N3O6/c1-11-21-38(26-15-17-27(18-16-26)45-14-4)31(42)28-29-32(43)40(25(13-3)23-41)30(37(29)20-19-36(28,10)46-37)33(44)39(22-12-2)35(8,9)24-34(5,6)7/h11-12,15-18,25,28-30,41H,1-2,13-14,19-24H2,3-10H3/t25-,28+,29-,30?,36-,37?/m0/s1. The number of aliphatic hydroxyl groups is 1. The van der Waals surface area contributed by atoms with Gasteiger partial charge in [-0.25, -0.2) is 0 Å². The van der Waals surface area contributed by atoms with Crippen molar-refractivity contribution in [3.8, 4) is 5.75 Å². The van der Waals surface area contributed by atoms with Crippen molar-refractivity contribution in [2.75, 3.05) is 31.2 Å². The van der Waals surface area contributed by atoms with Crippen molar-refractivity contribution < 1.29 is 29.0 Å². The highest BCUT2D eigenvalue weighted by molar-refractivity contribution is 6.03. The van der Waals surface area contributed by atoms with Gasteiger partial charge in [0.15, 0.2) is 0 Å². The fourth-order valence-electron chi connectivity index (χ4n) is 8.64. The van der Waals surface area contributed by atoms with Crippen molar-refractivity contribution in [3.05, 3.63) is 49.6 Å². The highest BCUT2D eigenvalue weighted by Crippen LogP contribution is 2.64. The van der Waals surface area contributed by atoms with Gasteiger partial charge in [-0.3, -0.25) is 14.4 Å². The number of carbonyl (C=O) groups is 3. The summed E-state index contributed by atoms with van der Waals surface area (Å²) in [5.74, 6) is -1.79. The number of rotatable bonds is 14. The molecule has 2 bridgehead atoms. The van der Waals surface area contributed by atoms with Gasteiger partial charge < -0.3 is 29.3 Å². The summed E-state index contributed by atoms with van der Waals surface area (Å²) in [5.41, 5.74) is -2.14. The van der Waals surface area contributed by atoms with E-state index in [9.17, 15) is 14.7 Å². The highest BCUT2D eigenvalue weighted by atomic mass is 16.5. The van der Waals surface area contributed by atoms with Crippen LogP contribution in [0.25, 0.3) is 0 Å². The van der Waals surface area contributed by atoms with Crippen LogP contribution in [0.15, 0.2) is 49.6 Å². The van der Waals surface area contributed by atoms with Crippen LogP contribution in [0.1, 0.15) is 81.1 Å². The van der Waals surface area contributed by atoms with Crippen LogP contribution < -0.4 is 9.64 Å². The fourth-order valence-corrected chi connectivity index (χ4v) is 8.64. The summed E-state index contributed by atoms with van der Waals surface area (Å²) in [6, 6.07) is 5.72. The summed E-state index contributed by atoms with van der Waals surface area (Å²) in [6.07, 6.45) is 5.54. The molecule has 254 valence electrons. The average molecular weight is 638 g/mol. The molecule has 3 aliphatic heterocycles. The predicted octanol–water partition coefficient (Wildman–Crippen LogP) is 5.37. The number of anilines is 1. The van der Waals surface area contributed by atoms with E-state index in [1.54, 1.807) is 22.0 Å². The molecule has 4 rings (SSSR count). The number of hydrogen-bond acceptors (Lipinski definition) is 6. The summed E-state index contributed by atoms with van der Waals surface area (Å²) in [7, 11) is 0. The number of benzene rings is 1. The molecule has 3 aliphatic rings. The molecule has 3 saturated heterocycles. The van der Waals surface area contributed by atoms with E-state index in [1.165, 1.54) is 0 Å². The van der Waals surface area contributed by atoms with Gasteiger partial charge in [-0.05, 0) is 83.1 Å². The summed E-state index contributed by atoms with van der Waals surface area (Å²) in [6.45, 7) is 24.8. The van der Waals surface area contributed by atoms with Crippen molar-refractivity contribution in [2.24, 2.45) is 17.3 Å². The van der Waals surface area contributed by atoms with E-state index >= 15 is 4.79 Å². The molecule has 0 radical (unpaired) electrons. The lowest BCUT2D eigenvalue weighted by molar-refractivity contribution is -0.158. The molecule has 1 spiro atoms. The second kappa shape index (κ2) is 13.1. The molecule has 0 aliphatic carbocycles. The number of ether oxygens (including phenoxy) is 2. The van der Waals surface area contributed by atoms with Gasteiger partial charge in [0.25, 0.3) is 0 Å². The Hall–Kier alpha value is -3.17. The molecule has 1 N–H and O–H groups in total. The maximum absolute atomic E-state index is 15.0. The summed E-state index contributed by atoms with van der Waals surface area (Å²) >= 11 is 0. The molecule has 3 heterocycles. The Bertz CT molecular complexity index is 1320. The summed E-state index contributed by atoms with van der Waals surface area (Å²) in [4.78, 5) is 49.5. The maximum Gasteiger partial charge on any atom is 0.249 e. The number of carbonyl (C=O) groups excluding carboxylic acids is 3. The highest BCUT2D eigenvalue weighted by Gasteiger charge is 2.79. The first-order chi connectivity index (χ1) is 21.6. The van der Waals surface area contributed by atoms with Crippen molar-refractivity contribution in [2.45, 2.75) is 110 Å². The van der Waals surface area contributed by atoms with Crippen LogP contribution in [0.3, 0.4) is 0 Å². The molecule has 9 nitrogen and oxygen atoms in total. The monoisotopic (exact) mass is 637 g/mol. The Morgan fingerprint density at radius 3 is 2.24 bits per heavy atom. The van der Waals surface area contributed by atoms with Crippen LogP contribution in [0.4, 0.5) is 5.69 Å². The molecule has 3 fully saturated rings. The van der Waals surface area contributed by atoms with Gasteiger partial charge in [0.1, 0.15) is 17.4 Å². The second-order valence-corrected chi connectivity index (χ2v) is 15.2. The SMILES string of the molecule is C=CCN(C(=O)[C@H]1[C@H]2C(=O)N([C@@H](CC)CO)C(C(=O)N(CC=C)C(C)(C)CC(C)(C)C)C23CC[C@]1(C)O3)c1ccc(OCC)cc1. The predicted molar refractivity (Wildman–Crippen MR) is 180 cm³/mol. The first-order valence-corrected chi connectivity index (χ1v) is 16.8. The van der Waals surface area contributed by atoms with Crippen LogP contribution in [-0.4, -0.2) is 87.8 Å². The maximum atomic E-state index is 15.0. The largest absolute Gasteiger partial charge is 0.494 e. The van der Waals surface area contributed by atoms with Gasteiger partial charge in [-0.2, -0.15) is 0 Å². The number of fused-ring (bicyclic) bond motifs is 1. The minimum Gasteiger partial charge on any atom is -0.494 e. The minimum atomic E-state index is -1.21. The fraction of sp³-hybridized carbons (Fsp3) is 0.649. The zero-order valence-corrected chi connectivity index (χ0v) is 29.2. The lowest BCUT2D eigenvalue weighted by Crippen LogP contribution is -2.62. The van der Waals surface area contributed by atoms with Crippen molar-refractivity contribution >= 4 is 23.4 Å². The second-order valence-electron chi connectivity index (χ2n) is 15.2. The molecule has 46 heavy (non-hydrogen) atoms. The Labute approximate surface area is 275 Å². The van der Waals surface area contributed by atoms with Gasteiger partial charge in [-0.15, -0.1) is 13.2 Å². The van der Waals surface area contributed by atoms with Crippen LogP contribution in [-0.2, 0) is 19.1 Å². The van der Waals surface area contributed by atoms with Crippen molar-refractivity contribution in [3.63, 3.8) is 0 Å². The number of hydrogen-bond donors (Lipinski definition) is 1. The third-order valence-electron chi connectivity index (χ3n) is 10.1. The normalized spacial score (nSPS) is 27.7. The van der Waals surface area contributed by atoms with E-state index in [4.69, 9.17) is 9.47 Å². The zero-order valence-electron chi connectivity index (χ0n) is 29.2. The van der Waals surface area contributed by atoms with E-state index < -0.39 is 40.7 Å². The molecule has 9 heteroatoms. The van der Waals surface area contributed by atoms with E-state index in [1.807, 2.05) is 63.8 Å². The van der Waals surface area contributed by atoms with Gasteiger partial charge in [0, 0.05) is 24.3 Å². The number of aliphatic hydroxyl groups excluding tert-OH is 1. The van der Waals surface area contributed by atoms with Crippen LogP contribution in [0.5, 0.6) is 5.75 Å².